The van der Waals surface area contributed by atoms with E-state index in [2.05, 4.69) is 10.3 Å². The standard InChI is InChI=1S/C18H24ClN3O3/c1-22(13-5-3-2-4-6-13)18(24)25-11-21-15-9-16(19)20-10-14(15)17(23)12-7-8-12/h9-10,12-13H,2-8,11H2,1H3,(H,20,21). The molecule has 0 unspecified atom stereocenters. The first-order valence-electron chi connectivity index (χ1n) is 8.89. The molecule has 2 aliphatic carbocycles. The molecular weight excluding hydrogens is 342 g/mol. The molecule has 0 spiro atoms. The zero-order chi connectivity index (χ0) is 17.8. The van der Waals surface area contributed by atoms with E-state index in [9.17, 15) is 9.59 Å². The van der Waals surface area contributed by atoms with Crippen molar-refractivity contribution in [3.8, 4) is 0 Å². The second kappa shape index (κ2) is 8.04. The van der Waals surface area contributed by atoms with Gasteiger partial charge in [-0.1, -0.05) is 30.9 Å². The van der Waals surface area contributed by atoms with E-state index < -0.39 is 0 Å². The van der Waals surface area contributed by atoms with Crippen molar-refractivity contribution in [3.63, 3.8) is 0 Å². The summed E-state index contributed by atoms with van der Waals surface area (Å²) in [6, 6.07) is 1.85. The molecule has 0 aliphatic heterocycles. The minimum atomic E-state index is -0.352. The number of aromatic nitrogens is 1. The Morgan fingerprint density at radius 2 is 2.00 bits per heavy atom. The monoisotopic (exact) mass is 365 g/mol. The number of hydrogen-bond acceptors (Lipinski definition) is 5. The highest BCUT2D eigenvalue weighted by Crippen LogP contribution is 2.34. The number of carbonyl (C=O) groups is 2. The molecule has 2 fully saturated rings. The van der Waals surface area contributed by atoms with Crippen molar-refractivity contribution in [2.24, 2.45) is 5.92 Å². The van der Waals surface area contributed by atoms with Gasteiger partial charge in [-0.2, -0.15) is 0 Å². The molecule has 0 aromatic carbocycles. The highest BCUT2D eigenvalue weighted by atomic mass is 35.5. The zero-order valence-corrected chi connectivity index (χ0v) is 15.2. The summed E-state index contributed by atoms with van der Waals surface area (Å²) in [5.74, 6) is 0.154. The first-order valence-corrected chi connectivity index (χ1v) is 9.27. The molecule has 136 valence electrons. The quantitative estimate of drug-likeness (QED) is 0.467. The SMILES string of the molecule is CN(C(=O)OCNc1cc(Cl)ncc1C(=O)C1CC1)C1CCCCC1. The summed E-state index contributed by atoms with van der Waals surface area (Å²) in [7, 11) is 1.78. The Morgan fingerprint density at radius 3 is 2.68 bits per heavy atom. The maximum absolute atomic E-state index is 12.3. The number of pyridine rings is 1. The third-order valence-corrected chi connectivity index (χ3v) is 5.16. The molecule has 1 N–H and O–H groups in total. The molecular formula is C18H24ClN3O3. The molecule has 1 aromatic heterocycles. The van der Waals surface area contributed by atoms with Crippen LogP contribution >= 0.6 is 11.6 Å². The van der Waals surface area contributed by atoms with Gasteiger partial charge in [0.2, 0.25) is 0 Å². The van der Waals surface area contributed by atoms with Gasteiger partial charge in [-0.15, -0.1) is 0 Å². The third-order valence-electron chi connectivity index (χ3n) is 4.95. The van der Waals surface area contributed by atoms with Crippen molar-refractivity contribution < 1.29 is 14.3 Å². The fraction of sp³-hybridized carbons (Fsp3) is 0.611. The highest BCUT2D eigenvalue weighted by Gasteiger charge is 2.32. The van der Waals surface area contributed by atoms with Gasteiger partial charge in [-0.25, -0.2) is 9.78 Å². The lowest BCUT2D eigenvalue weighted by Gasteiger charge is -2.30. The van der Waals surface area contributed by atoms with Crippen molar-refractivity contribution in [2.45, 2.75) is 51.0 Å². The Kier molecular flexibility index (Phi) is 5.78. The second-order valence-corrected chi connectivity index (χ2v) is 7.21. The molecule has 0 saturated heterocycles. The lowest BCUT2D eigenvalue weighted by atomic mass is 9.95. The number of rotatable bonds is 6. The Morgan fingerprint density at radius 1 is 1.28 bits per heavy atom. The van der Waals surface area contributed by atoms with Crippen LogP contribution in [0.4, 0.5) is 10.5 Å². The number of ether oxygens (including phenoxy) is 1. The van der Waals surface area contributed by atoms with E-state index in [0.29, 0.717) is 16.4 Å². The highest BCUT2D eigenvalue weighted by molar-refractivity contribution is 6.29. The van der Waals surface area contributed by atoms with E-state index in [1.165, 1.54) is 12.6 Å². The van der Waals surface area contributed by atoms with Gasteiger partial charge in [0.1, 0.15) is 5.15 Å². The average Bonchev–Trinajstić information content (AvgIpc) is 3.46. The van der Waals surface area contributed by atoms with Crippen LogP contribution in [0.25, 0.3) is 0 Å². The number of nitrogens with zero attached hydrogens (tertiary/aromatic N) is 2. The molecule has 6 nitrogen and oxygen atoms in total. The zero-order valence-electron chi connectivity index (χ0n) is 14.5. The molecule has 0 radical (unpaired) electrons. The smallest absolute Gasteiger partial charge is 0.411 e. The summed E-state index contributed by atoms with van der Waals surface area (Å²) < 4.78 is 5.31. The maximum Gasteiger partial charge on any atom is 0.411 e. The largest absolute Gasteiger partial charge is 0.428 e. The number of carbonyl (C=O) groups excluding carboxylic acids is 2. The van der Waals surface area contributed by atoms with Crippen molar-refractivity contribution in [1.82, 2.24) is 9.88 Å². The molecule has 1 aromatic rings. The molecule has 2 saturated carbocycles. The number of Topliss-reactive ketones (excluding diaryl/α,β-unsaturated/α-hetero) is 1. The van der Waals surface area contributed by atoms with E-state index >= 15 is 0 Å². The van der Waals surface area contributed by atoms with E-state index in [4.69, 9.17) is 16.3 Å². The fourth-order valence-electron chi connectivity index (χ4n) is 3.23. The Balaban J connectivity index is 1.55. The van der Waals surface area contributed by atoms with Gasteiger partial charge in [0, 0.05) is 25.2 Å². The van der Waals surface area contributed by atoms with Crippen LogP contribution in [0.3, 0.4) is 0 Å². The van der Waals surface area contributed by atoms with E-state index in [0.717, 1.165) is 38.5 Å². The number of hydrogen-bond donors (Lipinski definition) is 1. The van der Waals surface area contributed by atoms with Crippen molar-refractivity contribution in [1.29, 1.82) is 0 Å². The third kappa shape index (κ3) is 4.63. The number of amides is 1. The average molecular weight is 366 g/mol. The van der Waals surface area contributed by atoms with Crippen LogP contribution in [-0.4, -0.2) is 41.6 Å². The number of nitrogens with one attached hydrogen (secondary N) is 1. The predicted octanol–water partition coefficient (Wildman–Crippen LogP) is 4.10. The van der Waals surface area contributed by atoms with Crippen molar-refractivity contribution >= 4 is 29.2 Å². The van der Waals surface area contributed by atoms with Gasteiger partial charge < -0.3 is 15.0 Å². The van der Waals surface area contributed by atoms with Gasteiger partial charge >= 0.3 is 6.09 Å². The van der Waals surface area contributed by atoms with Crippen LogP contribution in [0.15, 0.2) is 12.3 Å². The lowest BCUT2D eigenvalue weighted by molar-refractivity contribution is 0.0946. The predicted molar refractivity (Wildman–Crippen MR) is 95.9 cm³/mol. The van der Waals surface area contributed by atoms with Crippen LogP contribution < -0.4 is 5.32 Å². The van der Waals surface area contributed by atoms with Crippen LogP contribution in [-0.2, 0) is 4.74 Å². The maximum atomic E-state index is 12.3. The Bertz CT molecular complexity index is 642. The minimum absolute atomic E-state index is 0.0127. The summed E-state index contributed by atoms with van der Waals surface area (Å²) >= 11 is 5.93. The van der Waals surface area contributed by atoms with E-state index in [1.807, 2.05) is 0 Å². The topological polar surface area (TPSA) is 71.5 Å². The molecule has 0 bridgehead atoms. The van der Waals surface area contributed by atoms with Gasteiger partial charge in [0.15, 0.2) is 12.5 Å². The first kappa shape index (κ1) is 18.0. The summed E-state index contributed by atoms with van der Waals surface area (Å²) in [6.07, 6.45) is 8.57. The van der Waals surface area contributed by atoms with Crippen LogP contribution in [0, 0.1) is 5.92 Å². The summed E-state index contributed by atoms with van der Waals surface area (Å²) in [4.78, 5) is 30.2. The van der Waals surface area contributed by atoms with Gasteiger partial charge in [-0.05, 0) is 31.7 Å². The second-order valence-electron chi connectivity index (χ2n) is 6.83. The van der Waals surface area contributed by atoms with E-state index in [1.54, 1.807) is 18.0 Å². The Labute approximate surface area is 152 Å². The van der Waals surface area contributed by atoms with Crippen LogP contribution in [0.2, 0.25) is 5.15 Å². The summed E-state index contributed by atoms with van der Waals surface area (Å²) in [5, 5.41) is 3.28. The summed E-state index contributed by atoms with van der Waals surface area (Å²) in [5.41, 5.74) is 1.06. The number of ketones is 1. The number of halogens is 1. The Hall–Kier alpha value is -1.82. The molecule has 3 rings (SSSR count). The first-order chi connectivity index (χ1) is 12.1. The van der Waals surface area contributed by atoms with Gasteiger partial charge in [0.05, 0.1) is 11.3 Å². The van der Waals surface area contributed by atoms with Crippen molar-refractivity contribution in [2.75, 3.05) is 19.1 Å². The molecule has 7 heteroatoms. The number of anilines is 1. The lowest BCUT2D eigenvalue weighted by Crippen LogP contribution is -2.39. The van der Waals surface area contributed by atoms with Crippen LogP contribution in [0.5, 0.6) is 0 Å². The van der Waals surface area contributed by atoms with Crippen molar-refractivity contribution in [3.05, 3.63) is 23.0 Å². The van der Waals surface area contributed by atoms with Gasteiger partial charge in [-0.3, -0.25) is 4.79 Å². The molecule has 1 heterocycles. The minimum Gasteiger partial charge on any atom is -0.428 e. The van der Waals surface area contributed by atoms with Gasteiger partial charge in [0.25, 0.3) is 0 Å². The molecule has 2 aliphatic rings. The summed E-state index contributed by atoms with van der Waals surface area (Å²) in [6.45, 7) is -0.0127. The fourth-order valence-corrected chi connectivity index (χ4v) is 3.39. The van der Waals surface area contributed by atoms with Crippen LogP contribution in [0.1, 0.15) is 55.3 Å². The normalized spacial score (nSPS) is 17.8. The molecule has 25 heavy (non-hydrogen) atoms. The molecule has 1 amide bonds. The molecule has 0 atom stereocenters. The van der Waals surface area contributed by atoms with E-state index in [-0.39, 0.29) is 30.6 Å².